The molecule has 1 N–H and O–H groups in total. The molecular weight excluding hydrogens is 107 g/mol. The van der Waals surface area contributed by atoms with Crippen molar-refractivity contribution in [2.24, 2.45) is 0 Å². The molecule has 2 heteroatoms. The minimum absolute atomic E-state index is 0.103. The van der Waals surface area contributed by atoms with Crippen molar-refractivity contribution in [3.05, 3.63) is 12.2 Å². The van der Waals surface area contributed by atoms with Gasteiger partial charge in [0.1, 0.15) is 6.17 Å². The molecule has 0 saturated heterocycles. The molecule has 48 valence electrons. The Kier molecular flexibility index (Phi) is 3.44. The Balaban J connectivity index is 3.32. The number of hydrogen-bond acceptors (Lipinski definition) is 1. The highest BCUT2D eigenvalue weighted by Gasteiger charge is 2.03. The summed E-state index contributed by atoms with van der Waals surface area (Å²) < 4.78 is 12.3. The van der Waals surface area contributed by atoms with Crippen LogP contribution in [0.3, 0.4) is 0 Å². The van der Waals surface area contributed by atoms with Crippen molar-refractivity contribution in [3.63, 3.8) is 0 Å². The zero-order valence-electron chi connectivity index (χ0n) is 5.02. The number of alkyl halides is 1. The minimum Gasteiger partial charge on any atom is -0.396 e. The maximum atomic E-state index is 12.3. The highest BCUT2D eigenvalue weighted by Crippen LogP contribution is 2.05. The van der Waals surface area contributed by atoms with E-state index in [0.717, 1.165) is 0 Å². The largest absolute Gasteiger partial charge is 0.396 e. The van der Waals surface area contributed by atoms with Crippen molar-refractivity contribution >= 4 is 0 Å². The summed E-state index contributed by atoms with van der Waals surface area (Å²) in [6.07, 6.45) is -0.852. The summed E-state index contributed by atoms with van der Waals surface area (Å²) in [6, 6.07) is 0. The van der Waals surface area contributed by atoms with Crippen molar-refractivity contribution in [1.82, 2.24) is 0 Å². The van der Waals surface area contributed by atoms with Gasteiger partial charge in [-0.15, -0.1) is 0 Å². The lowest BCUT2D eigenvalue weighted by Gasteiger charge is -2.02. The van der Waals surface area contributed by atoms with Crippen LogP contribution >= 0.6 is 0 Å². The average molecular weight is 118 g/mol. The smallest absolute Gasteiger partial charge is 0.123 e. The fourth-order valence-electron chi connectivity index (χ4n) is 0.360. The molecule has 1 unspecified atom stereocenters. The summed E-state index contributed by atoms with van der Waals surface area (Å²) in [5.74, 6) is 0. The van der Waals surface area contributed by atoms with Gasteiger partial charge in [-0.1, -0.05) is 6.58 Å². The van der Waals surface area contributed by atoms with Gasteiger partial charge in [-0.25, -0.2) is 4.39 Å². The van der Waals surface area contributed by atoms with E-state index in [-0.39, 0.29) is 13.0 Å². The van der Waals surface area contributed by atoms with E-state index in [1.165, 1.54) is 0 Å². The molecule has 1 atom stereocenters. The Bertz CT molecular complexity index is 80.6. The first-order valence-electron chi connectivity index (χ1n) is 2.58. The molecule has 0 spiro atoms. The molecule has 0 aromatic carbocycles. The van der Waals surface area contributed by atoms with E-state index in [2.05, 4.69) is 6.58 Å². The fraction of sp³-hybridized carbons (Fsp3) is 0.667. The van der Waals surface area contributed by atoms with Crippen LogP contribution in [0.2, 0.25) is 0 Å². The average Bonchev–Trinajstić information content (AvgIpc) is 1.67. The normalized spacial score (nSPS) is 13.4. The Morgan fingerprint density at radius 3 is 2.50 bits per heavy atom. The Hall–Kier alpha value is -0.370. The van der Waals surface area contributed by atoms with Crippen LogP contribution in [0.4, 0.5) is 4.39 Å². The van der Waals surface area contributed by atoms with Gasteiger partial charge in [0.2, 0.25) is 0 Å². The molecule has 0 bridgehead atoms. The molecule has 0 heterocycles. The van der Waals surface area contributed by atoms with Gasteiger partial charge in [0.05, 0.1) is 0 Å². The second-order valence-electron chi connectivity index (χ2n) is 1.83. The molecule has 0 radical (unpaired) electrons. The number of aliphatic hydroxyl groups is 1. The third-order valence-corrected chi connectivity index (χ3v) is 0.917. The third-order valence-electron chi connectivity index (χ3n) is 0.917. The number of allylic oxidation sites excluding steroid dienone is 1. The molecule has 0 aromatic heterocycles. The first-order chi connectivity index (χ1) is 3.68. The molecule has 0 aromatic rings. The lowest BCUT2D eigenvalue weighted by Crippen LogP contribution is -2.02. The van der Waals surface area contributed by atoms with E-state index in [9.17, 15) is 4.39 Å². The van der Waals surface area contributed by atoms with Gasteiger partial charge in [-0.2, -0.15) is 0 Å². The molecule has 8 heavy (non-hydrogen) atoms. The molecule has 0 amide bonds. The van der Waals surface area contributed by atoms with Gasteiger partial charge >= 0.3 is 0 Å². The second-order valence-corrected chi connectivity index (χ2v) is 1.83. The van der Waals surface area contributed by atoms with Crippen LogP contribution in [0.15, 0.2) is 12.2 Å². The molecule has 0 aliphatic rings. The van der Waals surface area contributed by atoms with Gasteiger partial charge in [-0.3, -0.25) is 0 Å². The zero-order chi connectivity index (χ0) is 6.57. The van der Waals surface area contributed by atoms with Crippen LogP contribution in [0, 0.1) is 0 Å². The highest BCUT2D eigenvalue weighted by atomic mass is 19.1. The standard InChI is InChI=1S/C6H11FO/c1-5(2)6(7)3-4-8/h6,8H,1,3-4H2,2H3. The van der Waals surface area contributed by atoms with Gasteiger partial charge in [0.15, 0.2) is 0 Å². The quantitative estimate of drug-likeness (QED) is 0.553. The van der Waals surface area contributed by atoms with E-state index in [0.29, 0.717) is 5.57 Å². The lowest BCUT2D eigenvalue weighted by atomic mass is 10.2. The summed E-state index contributed by atoms with van der Waals surface area (Å²) >= 11 is 0. The van der Waals surface area contributed by atoms with E-state index >= 15 is 0 Å². The van der Waals surface area contributed by atoms with Crippen LogP contribution in [-0.4, -0.2) is 17.9 Å². The SMILES string of the molecule is C=C(C)C(F)CCO. The Morgan fingerprint density at radius 1 is 1.88 bits per heavy atom. The predicted molar refractivity (Wildman–Crippen MR) is 31.4 cm³/mol. The van der Waals surface area contributed by atoms with E-state index < -0.39 is 6.17 Å². The summed E-state index contributed by atoms with van der Waals surface area (Å²) in [5, 5.41) is 8.20. The van der Waals surface area contributed by atoms with E-state index in [1.807, 2.05) is 0 Å². The van der Waals surface area contributed by atoms with Gasteiger partial charge in [0, 0.05) is 13.0 Å². The maximum absolute atomic E-state index is 12.3. The number of halogens is 1. The van der Waals surface area contributed by atoms with Crippen molar-refractivity contribution in [1.29, 1.82) is 0 Å². The fourth-order valence-corrected chi connectivity index (χ4v) is 0.360. The molecular formula is C6H11FO. The summed E-state index contributed by atoms with van der Waals surface area (Å²) in [7, 11) is 0. The molecule has 0 aliphatic carbocycles. The zero-order valence-corrected chi connectivity index (χ0v) is 5.02. The summed E-state index contributed by atoms with van der Waals surface area (Å²) in [6.45, 7) is 4.90. The van der Waals surface area contributed by atoms with Crippen LogP contribution in [-0.2, 0) is 0 Å². The van der Waals surface area contributed by atoms with Crippen molar-refractivity contribution in [2.45, 2.75) is 19.5 Å². The van der Waals surface area contributed by atoms with Gasteiger partial charge < -0.3 is 5.11 Å². The monoisotopic (exact) mass is 118 g/mol. The third kappa shape index (κ3) is 2.75. The number of rotatable bonds is 3. The second kappa shape index (κ2) is 3.61. The topological polar surface area (TPSA) is 20.2 Å². The molecule has 1 nitrogen and oxygen atoms in total. The van der Waals surface area contributed by atoms with E-state index in [4.69, 9.17) is 5.11 Å². The van der Waals surface area contributed by atoms with Crippen LogP contribution < -0.4 is 0 Å². The molecule has 0 saturated carbocycles. The van der Waals surface area contributed by atoms with Gasteiger partial charge in [-0.05, 0) is 12.5 Å². The number of hydrogen-bond donors (Lipinski definition) is 1. The van der Waals surface area contributed by atoms with Crippen molar-refractivity contribution < 1.29 is 9.50 Å². The predicted octanol–water partition coefficient (Wildman–Crippen LogP) is 1.28. The van der Waals surface area contributed by atoms with E-state index in [1.54, 1.807) is 6.92 Å². The Morgan fingerprint density at radius 2 is 2.38 bits per heavy atom. The molecule has 0 aliphatic heterocycles. The maximum Gasteiger partial charge on any atom is 0.123 e. The first kappa shape index (κ1) is 7.63. The lowest BCUT2D eigenvalue weighted by molar-refractivity contribution is 0.239. The summed E-state index contributed by atoms with van der Waals surface area (Å²) in [5.41, 5.74) is 0.485. The number of aliphatic hydroxyl groups excluding tert-OH is 1. The Labute approximate surface area is 48.8 Å². The van der Waals surface area contributed by atoms with Crippen LogP contribution in [0.25, 0.3) is 0 Å². The summed E-state index contributed by atoms with van der Waals surface area (Å²) in [4.78, 5) is 0. The van der Waals surface area contributed by atoms with Crippen molar-refractivity contribution in [2.75, 3.05) is 6.61 Å². The minimum atomic E-state index is -1.03. The van der Waals surface area contributed by atoms with Crippen LogP contribution in [0.1, 0.15) is 13.3 Å². The van der Waals surface area contributed by atoms with Crippen LogP contribution in [0.5, 0.6) is 0 Å². The first-order valence-corrected chi connectivity index (χ1v) is 2.58. The molecule has 0 fully saturated rings. The van der Waals surface area contributed by atoms with Gasteiger partial charge in [0.25, 0.3) is 0 Å². The molecule has 0 rings (SSSR count). The van der Waals surface area contributed by atoms with Crippen molar-refractivity contribution in [3.8, 4) is 0 Å². The highest BCUT2D eigenvalue weighted by molar-refractivity contribution is 4.96.